The summed E-state index contributed by atoms with van der Waals surface area (Å²) in [5.41, 5.74) is -1.60. The van der Waals surface area contributed by atoms with E-state index in [1.807, 2.05) is 41.5 Å². The van der Waals surface area contributed by atoms with Gasteiger partial charge in [-0.05, 0) is 139 Å². The zero-order valence-electron chi connectivity index (χ0n) is 64.3. The first-order chi connectivity index (χ1) is 47.6. The molecule has 2 heterocycles. The number of carbonyl (C=O) groups is 12. The Morgan fingerprint density at radius 3 is 1.74 bits per heavy atom. The van der Waals surface area contributed by atoms with Gasteiger partial charge in [-0.1, -0.05) is 135 Å². The molecular formula is C75H129IN12O13. The van der Waals surface area contributed by atoms with E-state index in [1.165, 1.54) is 76.6 Å². The predicted octanol–water partition coefficient (Wildman–Crippen LogP) is 6.69. The van der Waals surface area contributed by atoms with Crippen molar-refractivity contribution >= 4 is 93.5 Å². The average molecular weight is 1530 g/mol. The number of hydrogen-bond donors (Lipinski definition) is 4. The van der Waals surface area contributed by atoms with E-state index in [4.69, 9.17) is 4.74 Å². The Bertz CT molecular complexity index is 2790. The minimum Gasteiger partial charge on any atom is -0.381 e. The van der Waals surface area contributed by atoms with Crippen molar-refractivity contribution in [2.45, 2.75) is 280 Å². The third-order valence-electron chi connectivity index (χ3n) is 22.6. The van der Waals surface area contributed by atoms with Crippen molar-refractivity contribution in [2.75, 3.05) is 89.2 Å². The van der Waals surface area contributed by atoms with Crippen LogP contribution in [0.3, 0.4) is 0 Å². The molecule has 0 radical (unpaired) electrons. The number of ether oxygens (including phenoxy) is 1. The lowest BCUT2D eigenvalue weighted by Crippen LogP contribution is -2.65. The average Bonchev–Trinajstić information content (AvgIpc) is 0.791. The molecule has 574 valence electrons. The third-order valence-corrected chi connectivity index (χ3v) is 23.7. The summed E-state index contributed by atoms with van der Waals surface area (Å²) in [6.45, 7) is 14.3. The molecule has 0 aromatic heterocycles. The van der Waals surface area contributed by atoms with Gasteiger partial charge in [0, 0.05) is 73.5 Å². The molecule has 0 bridgehead atoms. The maximum Gasteiger partial charge on any atom is 0.246 e. The lowest BCUT2D eigenvalue weighted by Gasteiger charge is -2.43. The van der Waals surface area contributed by atoms with Crippen molar-refractivity contribution in [3.05, 3.63) is 0 Å². The van der Waals surface area contributed by atoms with E-state index in [0.29, 0.717) is 49.1 Å². The summed E-state index contributed by atoms with van der Waals surface area (Å²) < 4.78 is 6.00. The van der Waals surface area contributed by atoms with Gasteiger partial charge in [0.15, 0.2) is 0 Å². The lowest BCUT2D eigenvalue weighted by atomic mass is 9.78. The topological polar surface area (TPSA) is 288 Å². The highest BCUT2D eigenvalue weighted by molar-refractivity contribution is 14.1. The Morgan fingerprint density at radius 2 is 1.15 bits per heavy atom. The van der Waals surface area contributed by atoms with Crippen LogP contribution in [0.5, 0.6) is 0 Å². The zero-order chi connectivity index (χ0) is 75.2. The Morgan fingerprint density at radius 1 is 0.554 bits per heavy atom. The van der Waals surface area contributed by atoms with Gasteiger partial charge in [-0.2, -0.15) is 0 Å². The first-order valence-electron chi connectivity index (χ1n) is 38.1. The van der Waals surface area contributed by atoms with Crippen molar-refractivity contribution in [3.8, 4) is 0 Å². The monoisotopic (exact) mass is 1530 g/mol. The van der Waals surface area contributed by atoms with Gasteiger partial charge in [-0.25, -0.2) is 0 Å². The summed E-state index contributed by atoms with van der Waals surface area (Å²) in [4.78, 5) is 191. The molecule has 25 nitrogen and oxygen atoms in total. The van der Waals surface area contributed by atoms with Crippen molar-refractivity contribution in [1.29, 1.82) is 0 Å². The molecule has 2 unspecified atom stereocenters. The number of carbonyl (C=O) groups excluding carboxylic acids is 12. The van der Waals surface area contributed by atoms with Crippen LogP contribution in [0, 0.1) is 35.5 Å². The number of likely N-dealkylation sites (N-methyl/N-ethyl adjacent to an activating group) is 7. The normalized spacial score (nSPS) is 30.0. The third kappa shape index (κ3) is 25.0. The first kappa shape index (κ1) is 86.0. The highest BCUT2D eigenvalue weighted by Crippen LogP contribution is 2.36. The van der Waals surface area contributed by atoms with Gasteiger partial charge in [-0.3, -0.25) is 57.5 Å². The van der Waals surface area contributed by atoms with E-state index in [0.717, 1.165) is 89.9 Å². The SMILES string of the molecule is CCCC[C@@H]1NC(=O)[C@H](CC2CCCC(I)C2)NC(=O)CN(C)C(=O)[C@H](CC2CCC(OC)CC2)N(C)C(=O)CN(C)C(=O)CN(C)C(=O)[C@H]([C@@H](C)CC)NC(=O)[C@H](CC(C)C)N(C)C(=O)C[C@@H](C(=O)N2CCCCC2)N(C)C(=O)[C@H](CC(C)C)NC(=O)[C@](C)(CC2CCCCC2)N(C)C1=O. The molecule has 0 aromatic rings. The summed E-state index contributed by atoms with van der Waals surface area (Å²) in [6, 6.07) is -8.33. The van der Waals surface area contributed by atoms with Crippen LogP contribution in [0.2, 0.25) is 0 Å². The van der Waals surface area contributed by atoms with Crippen LogP contribution >= 0.6 is 22.6 Å². The molecule has 5 aliphatic rings. The molecule has 5 fully saturated rings. The van der Waals surface area contributed by atoms with Gasteiger partial charge in [0.2, 0.25) is 70.9 Å². The molecule has 3 saturated carbocycles. The fraction of sp³-hybridized carbons (Fsp3) is 0.840. The highest BCUT2D eigenvalue weighted by Gasteiger charge is 2.48. The van der Waals surface area contributed by atoms with Crippen molar-refractivity contribution in [2.24, 2.45) is 35.5 Å². The smallest absolute Gasteiger partial charge is 0.246 e. The van der Waals surface area contributed by atoms with E-state index in [9.17, 15) is 28.8 Å². The number of halogens is 1. The Labute approximate surface area is 617 Å². The molecule has 11 atom stereocenters. The second-order valence-corrected chi connectivity index (χ2v) is 33.3. The fourth-order valence-electron chi connectivity index (χ4n) is 15.5. The molecule has 12 amide bonds. The quantitative estimate of drug-likeness (QED) is 0.0873. The van der Waals surface area contributed by atoms with Crippen molar-refractivity contribution in [1.82, 2.24) is 60.5 Å². The number of alkyl halides is 1. The van der Waals surface area contributed by atoms with Gasteiger partial charge >= 0.3 is 0 Å². The van der Waals surface area contributed by atoms with Crippen LogP contribution in [0.15, 0.2) is 0 Å². The summed E-state index contributed by atoms with van der Waals surface area (Å²) in [5, 5.41) is 12.1. The molecular weight excluding hydrogens is 1400 g/mol. The Kier molecular flexibility index (Phi) is 35.0. The summed E-state index contributed by atoms with van der Waals surface area (Å²) in [5.74, 6) is -7.78. The summed E-state index contributed by atoms with van der Waals surface area (Å²) >= 11 is 2.43. The number of piperidine rings is 1. The van der Waals surface area contributed by atoms with Crippen LogP contribution in [-0.4, -0.2) is 257 Å². The molecule has 0 aromatic carbocycles. The standard InChI is InChI=1S/C75H129IN12O13/c1-17-19-31-56-70(96)87(15)75(8,44-52-27-22-20-23-28-52)74(100)79-58(38-48(3)4)69(95)86(14)61(72(98)88-36-24-21-25-37-88)43-63(90)84(12)59(39-49(5)6)68(94)80-66(50(7)18-2)73(99)83(11)46-64(91)81(9)47-65(92)85(13)60(42-51-32-34-55(101-16)35-33-51)71(97)82(10)45-62(89)77-57(67(93)78-56)41-53-29-26-30-54(76)40-53/h48-61,66H,17-47H2,1-16H3,(H,77,89)(H,78,93)(H,79,100)(H,80,94)/t50-,51?,53?,54?,55?,56-,57-,58-,59-,60-,61-,66-,75-/m0/s1. The molecule has 4 N–H and O–H groups in total. The summed E-state index contributed by atoms with van der Waals surface area (Å²) in [6.07, 6.45) is 15.7. The van der Waals surface area contributed by atoms with E-state index in [-0.39, 0.29) is 74.2 Å². The number of nitrogens with zero attached hydrogens (tertiary/aromatic N) is 8. The molecule has 101 heavy (non-hydrogen) atoms. The first-order valence-corrected chi connectivity index (χ1v) is 39.4. The van der Waals surface area contributed by atoms with Gasteiger partial charge in [-0.15, -0.1) is 0 Å². The largest absolute Gasteiger partial charge is 0.381 e. The highest BCUT2D eigenvalue weighted by atomic mass is 127. The minimum atomic E-state index is -1.60. The van der Waals surface area contributed by atoms with Gasteiger partial charge in [0.1, 0.15) is 47.8 Å². The van der Waals surface area contributed by atoms with Crippen LogP contribution in [0.25, 0.3) is 0 Å². The molecule has 0 spiro atoms. The number of likely N-dealkylation sites (tertiary alicyclic amines) is 1. The number of methoxy groups -OCH3 is 1. The summed E-state index contributed by atoms with van der Waals surface area (Å²) in [7, 11) is 12.0. The minimum absolute atomic E-state index is 0.00533. The van der Waals surface area contributed by atoms with E-state index < -0.39 is 151 Å². The number of unbranched alkanes of at least 4 members (excludes halogenated alkanes) is 1. The lowest BCUT2D eigenvalue weighted by molar-refractivity contribution is -0.153. The number of nitrogens with one attached hydrogen (secondary N) is 4. The van der Waals surface area contributed by atoms with Crippen molar-refractivity contribution in [3.63, 3.8) is 0 Å². The van der Waals surface area contributed by atoms with Crippen molar-refractivity contribution < 1.29 is 62.3 Å². The van der Waals surface area contributed by atoms with E-state index in [2.05, 4.69) is 43.9 Å². The maximum atomic E-state index is 15.8. The fourth-order valence-corrected chi connectivity index (χ4v) is 16.7. The molecule has 2 saturated heterocycles. The van der Waals surface area contributed by atoms with Crippen LogP contribution < -0.4 is 21.3 Å². The molecule has 3 aliphatic carbocycles. The van der Waals surface area contributed by atoms with Crippen LogP contribution in [-0.2, 0) is 62.3 Å². The Hall–Kier alpha value is -5.67. The predicted molar refractivity (Wildman–Crippen MR) is 397 cm³/mol. The number of rotatable bonds is 17. The van der Waals surface area contributed by atoms with Gasteiger partial charge < -0.3 is 65.2 Å². The second kappa shape index (κ2) is 41.1. The zero-order valence-corrected chi connectivity index (χ0v) is 66.5. The molecule has 26 heteroatoms. The van der Waals surface area contributed by atoms with Crippen LogP contribution in [0.1, 0.15) is 222 Å². The number of amides is 12. The number of hydrogen-bond acceptors (Lipinski definition) is 13. The molecule has 5 rings (SSSR count). The second-order valence-electron chi connectivity index (χ2n) is 31.6. The van der Waals surface area contributed by atoms with Gasteiger partial charge in [0.05, 0.1) is 32.2 Å². The van der Waals surface area contributed by atoms with E-state index in [1.54, 1.807) is 32.9 Å². The van der Waals surface area contributed by atoms with Crippen LogP contribution in [0.4, 0.5) is 0 Å². The Balaban J connectivity index is 1.65. The maximum absolute atomic E-state index is 15.8. The molecule has 2 aliphatic heterocycles. The van der Waals surface area contributed by atoms with E-state index >= 15 is 28.8 Å². The van der Waals surface area contributed by atoms with Gasteiger partial charge in [0.25, 0.3) is 0 Å².